The van der Waals surface area contributed by atoms with E-state index in [0.29, 0.717) is 24.9 Å². The highest BCUT2D eigenvalue weighted by Gasteiger charge is 2.17. The molecule has 0 aliphatic carbocycles. The summed E-state index contributed by atoms with van der Waals surface area (Å²) in [7, 11) is 0. The van der Waals surface area contributed by atoms with Gasteiger partial charge in [0.05, 0.1) is 18.7 Å². The van der Waals surface area contributed by atoms with Crippen molar-refractivity contribution in [3.05, 3.63) is 29.8 Å². The van der Waals surface area contributed by atoms with Gasteiger partial charge >= 0.3 is 0 Å². The first-order valence-corrected chi connectivity index (χ1v) is 8.08. The predicted molar refractivity (Wildman–Crippen MR) is 90.8 cm³/mol. The molecule has 0 aliphatic rings. The molecule has 0 saturated heterocycles. The van der Waals surface area contributed by atoms with Gasteiger partial charge in [0.25, 0.3) is 0 Å². The van der Waals surface area contributed by atoms with E-state index in [2.05, 4.69) is 33.0 Å². The van der Waals surface area contributed by atoms with Crippen LogP contribution in [0.4, 0.5) is 0 Å². The highest BCUT2D eigenvalue weighted by Crippen LogP contribution is 2.18. The molecule has 0 aromatic heterocycles. The Kier molecular flexibility index (Phi) is 7.39. The fourth-order valence-corrected chi connectivity index (χ4v) is 2.13. The van der Waals surface area contributed by atoms with Crippen LogP contribution < -0.4 is 15.8 Å². The van der Waals surface area contributed by atoms with Crippen molar-refractivity contribution in [2.75, 3.05) is 6.61 Å². The van der Waals surface area contributed by atoms with Gasteiger partial charge in [-0.15, -0.1) is 0 Å². The molecule has 4 heteroatoms. The maximum atomic E-state index is 12.0. The zero-order valence-electron chi connectivity index (χ0n) is 14.4. The smallest absolute Gasteiger partial charge is 0.237 e. The number of carbonyl (C=O) groups excluding carboxylic acids is 1. The highest BCUT2D eigenvalue weighted by atomic mass is 16.5. The number of nitrogens with two attached hydrogens (primary N) is 1. The summed E-state index contributed by atoms with van der Waals surface area (Å²) in [6.07, 6.45) is 0.695. The highest BCUT2D eigenvalue weighted by molar-refractivity contribution is 5.81. The van der Waals surface area contributed by atoms with Gasteiger partial charge in [-0.2, -0.15) is 0 Å². The average Bonchev–Trinajstić information content (AvgIpc) is 2.44. The Hall–Kier alpha value is -1.55. The molecule has 1 unspecified atom stereocenters. The maximum Gasteiger partial charge on any atom is 0.237 e. The summed E-state index contributed by atoms with van der Waals surface area (Å²) in [5.41, 5.74) is 6.95. The van der Waals surface area contributed by atoms with Crippen LogP contribution >= 0.6 is 0 Å². The summed E-state index contributed by atoms with van der Waals surface area (Å²) in [4.78, 5) is 12.0. The number of nitrogens with one attached hydrogen (secondary N) is 1. The molecule has 0 bridgehead atoms. The molecule has 1 aromatic carbocycles. The first-order valence-electron chi connectivity index (χ1n) is 8.08. The van der Waals surface area contributed by atoms with E-state index in [1.165, 1.54) is 0 Å². The van der Waals surface area contributed by atoms with Crippen molar-refractivity contribution >= 4 is 5.91 Å². The lowest BCUT2D eigenvalue weighted by Gasteiger charge is -2.19. The number of rotatable bonds is 8. The standard InChI is InChI=1S/C18H30N2O2/c1-12(2)10-17(19)18(21)20-14(5)15-6-8-16(9-7-15)22-11-13(3)4/h6-9,12-14,17H,10-11,19H2,1-5H3,(H,20,21)/t14?,17-/m0/s1. The number of ether oxygens (including phenoxy) is 1. The van der Waals surface area contributed by atoms with Crippen LogP contribution in [0.2, 0.25) is 0 Å². The van der Waals surface area contributed by atoms with Crippen LogP contribution in [0, 0.1) is 11.8 Å². The minimum Gasteiger partial charge on any atom is -0.493 e. The molecular weight excluding hydrogens is 276 g/mol. The van der Waals surface area contributed by atoms with Gasteiger partial charge in [0, 0.05) is 0 Å². The molecule has 2 atom stereocenters. The van der Waals surface area contributed by atoms with Crippen molar-refractivity contribution in [3.63, 3.8) is 0 Å². The molecule has 1 aromatic rings. The van der Waals surface area contributed by atoms with E-state index in [-0.39, 0.29) is 11.9 Å². The predicted octanol–water partition coefficient (Wildman–Crippen LogP) is 3.27. The number of carbonyl (C=O) groups is 1. The van der Waals surface area contributed by atoms with Crippen LogP contribution in [-0.2, 0) is 4.79 Å². The number of benzene rings is 1. The Morgan fingerprint density at radius 3 is 2.18 bits per heavy atom. The third-order valence-electron chi connectivity index (χ3n) is 3.38. The van der Waals surface area contributed by atoms with Crippen molar-refractivity contribution in [2.45, 2.75) is 53.1 Å². The van der Waals surface area contributed by atoms with Crippen molar-refractivity contribution < 1.29 is 9.53 Å². The van der Waals surface area contributed by atoms with Gasteiger partial charge in [0.1, 0.15) is 5.75 Å². The second-order valence-electron chi connectivity index (χ2n) is 6.74. The summed E-state index contributed by atoms with van der Waals surface area (Å²) < 4.78 is 5.66. The monoisotopic (exact) mass is 306 g/mol. The van der Waals surface area contributed by atoms with Crippen molar-refractivity contribution in [2.24, 2.45) is 17.6 Å². The van der Waals surface area contributed by atoms with E-state index in [4.69, 9.17) is 10.5 Å². The lowest BCUT2D eigenvalue weighted by atomic mass is 10.0. The topological polar surface area (TPSA) is 64.3 Å². The molecule has 22 heavy (non-hydrogen) atoms. The number of amides is 1. The largest absolute Gasteiger partial charge is 0.493 e. The van der Waals surface area contributed by atoms with E-state index in [1.54, 1.807) is 0 Å². The van der Waals surface area contributed by atoms with Crippen molar-refractivity contribution in [3.8, 4) is 5.75 Å². The van der Waals surface area contributed by atoms with E-state index in [9.17, 15) is 4.79 Å². The fourth-order valence-electron chi connectivity index (χ4n) is 2.13. The molecule has 4 nitrogen and oxygen atoms in total. The molecular formula is C18H30N2O2. The van der Waals surface area contributed by atoms with Crippen molar-refractivity contribution in [1.82, 2.24) is 5.32 Å². The number of hydrogen-bond donors (Lipinski definition) is 2. The first-order chi connectivity index (χ1) is 10.3. The van der Waals surface area contributed by atoms with E-state index in [1.807, 2.05) is 31.2 Å². The lowest BCUT2D eigenvalue weighted by Crippen LogP contribution is -2.42. The Labute approximate surface area is 134 Å². The van der Waals surface area contributed by atoms with Crippen LogP contribution in [0.25, 0.3) is 0 Å². The van der Waals surface area contributed by atoms with Gasteiger partial charge < -0.3 is 15.8 Å². The fraction of sp³-hybridized carbons (Fsp3) is 0.611. The minimum absolute atomic E-state index is 0.0649. The molecule has 0 heterocycles. The third kappa shape index (κ3) is 6.48. The summed E-state index contributed by atoms with van der Waals surface area (Å²) in [6, 6.07) is 7.33. The van der Waals surface area contributed by atoms with E-state index >= 15 is 0 Å². The van der Waals surface area contributed by atoms with Crippen LogP contribution in [0.5, 0.6) is 5.75 Å². The minimum atomic E-state index is -0.448. The summed E-state index contributed by atoms with van der Waals surface area (Å²) >= 11 is 0. The molecule has 0 saturated carbocycles. The van der Waals surface area contributed by atoms with Crippen LogP contribution in [0.3, 0.4) is 0 Å². The molecule has 0 fully saturated rings. The average molecular weight is 306 g/mol. The zero-order valence-corrected chi connectivity index (χ0v) is 14.4. The van der Waals surface area contributed by atoms with Gasteiger partial charge in [0.2, 0.25) is 5.91 Å². The molecule has 3 N–H and O–H groups in total. The molecule has 124 valence electrons. The maximum absolute atomic E-state index is 12.0. The Morgan fingerprint density at radius 2 is 1.68 bits per heavy atom. The van der Waals surface area contributed by atoms with E-state index in [0.717, 1.165) is 11.3 Å². The van der Waals surface area contributed by atoms with Crippen LogP contribution in [0.15, 0.2) is 24.3 Å². The van der Waals surface area contributed by atoms with Gasteiger partial charge in [-0.1, -0.05) is 39.8 Å². The van der Waals surface area contributed by atoms with Crippen LogP contribution in [0.1, 0.15) is 52.6 Å². The molecule has 1 amide bonds. The SMILES string of the molecule is CC(C)COc1ccc(C(C)NC(=O)[C@@H](N)CC(C)C)cc1. The second kappa shape index (κ2) is 8.79. The first kappa shape index (κ1) is 18.5. The van der Waals surface area contributed by atoms with Gasteiger partial charge in [-0.25, -0.2) is 0 Å². The lowest BCUT2D eigenvalue weighted by molar-refractivity contribution is -0.123. The quantitative estimate of drug-likeness (QED) is 0.774. The molecule has 1 rings (SSSR count). The van der Waals surface area contributed by atoms with Crippen LogP contribution in [-0.4, -0.2) is 18.6 Å². The van der Waals surface area contributed by atoms with Gasteiger partial charge in [-0.3, -0.25) is 4.79 Å². The van der Waals surface area contributed by atoms with Gasteiger partial charge in [0.15, 0.2) is 0 Å². The van der Waals surface area contributed by atoms with Gasteiger partial charge in [-0.05, 0) is 42.9 Å². The van der Waals surface area contributed by atoms with E-state index < -0.39 is 6.04 Å². The Morgan fingerprint density at radius 1 is 1.09 bits per heavy atom. The molecule has 0 radical (unpaired) electrons. The normalized spacial score (nSPS) is 14.0. The van der Waals surface area contributed by atoms with Crippen molar-refractivity contribution in [1.29, 1.82) is 0 Å². The summed E-state index contributed by atoms with van der Waals surface area (Å²) in [6.45, 7) is 11.0. The molecule has 0 spiro atoms. The summed E-state index contributed by atoms with van der Waals surface area (Å²) in [5, 5.41) is 2.97. The Bertz CT molecular complexity index is 455. The molecule has 0 aliphatic heterocycles. The number of hydrogen-bond acceptors (Lipinski definition) is 3. The second-order valence-corrected chi connectivity index (χ2v) is 6.74. The summed E-state index contributed by atoms with van der Waals surface area (Å²) in [5.74, 6) is 1.67. The zero-order chi connectivity index (χ0) is 16.7. The third-order valence-corrected chi connectivity index (χ3v) is 3.38. The Balaban J connectivity index is 2.54.